The van der Waals surface area contributed by atoms with Crippen LogP contribution in [0.3, 0.4) is 0 Å². The molecule has 0 radical (unpaired) electrons. The van der Waals surface area contributed by atoms with Crippen LogP contribution < -0.4 is 4.74 Å². The topological polar surface area (TPSA) is 63.8 Å². The summed E-state index contributed by atoms with van der Waals surface area (Å²) in [5, 5.41) is 10.8. The van der Waals surface area contributed by atoms with E-state index < -0.39 is 23.5 Å². The molecular formula is C15H11F3N2O3S. The van der Waals surface area contributed by atoms with E-state index in [2.05, 4.69) is 4.98 Å². The van der Waals surface area contributed by atoms with Crippen molar-refractivity contribution < 1.29 is 27.8 Å². The van der Waals surface area contributed by atoms with Crippen molar-refractivity contribution in [1.29, 1.82) is 0 Å². The molecule has 0 atom stereocenters. The zero-order chi connectivity index (χ0) is 17.5. The third kappa shape index (κ3) is 2.71. The summed E-state index contributed by atoms with van der Waals surface area (Å²) in [4.78, 5) is 14.8. The van der Waals surface area contributed by atoms with Crippen molar-refractivity contribution in [2.24, 2.45) is 0 Å². The number of fused-ring (bicyclic) bond motifs is 1. The third-order valence-corrected chi connectivity index (χ3v) is 4.12. The van der Waals surface area contributed by atoms with Crippen molar-refractivity contribution in [3.63, 3.8) is 0 Å². The largest absolute Gasteiger partial charge is 0.494 e. The first-order chi connectivity index (χ1) is 11.3. The van der Waals surface area contributed by atoms with Gasteiger partial charge in [-0.2, -0.15) is 13.2 Å². The third-order valence-electron chi connectivity index (χ3n) is 3.30. The van der Waals surface area contributed by atoms with Crippen LogP contribution in [0.15, 0.2) is 29.6 Å². The van der Waals surface area contributed by atoms with Gasteiger partial charge in [-0.3, -0.25) is 4.40 Å². The molecule has 5 nitrogen and oxygen atoms in total. The van der Waals surface area contributed by atoms with E-state index in [4.69, 9.17) is 4.74 Å². The average molecular weight is 356 g/mol. The second-order valence-corrected chi connectivity index (χ2v) is 5.64. The van der Waals surface area contributed by atoms with Crippen LogP contribution in [0.4, 0.5) is 13.2 Å². The lowest BCUT2D eigenvalue weighted by atomic mass is 10.1. The second-order valence-electron chi connectivity index (χ2n) is 4.81. The SMILES string of the molecule is CCOc1ccc(-c2csc3nc(C(F)(F)F)c(C(=O)O)n23)cc1. The summed E-state index contributed by atoms with van der Waals surface area (Å²) in [6.07, 6.45) is -4.84. The zero-order valence-electron chi connectivity index (χ0n) is 12.3. The summed E-state index contributed by atoms with van der Waals surface area (Å²) in [5.41, 5.74) is -1.38. The molecule has 9 heteroatoms. The number of carboxylic acids is 1. The minimum atomic E-state index is -4.84. The highest BCUT2D eigenvalue weighted by molar-refractivity contribution is 7.15. The van der Waals surface area contributed by atoms with E-state index >= 15 is 0 Å². The molecule has 0 spiro atoms. The lowest BCUT2D eigenvalue weighted by Gasteiger charge is -2.07. The Kier molecular flexibility index (Phi) is 3.96. The molecule has 0 amide bonds. The monoisotopic (exact) mass is 356 g/mol. The van der Waals surface area contributed by atoms with Crippen LogP contribution in [0, 0.1) is 0 Å². The predicted molar refractivity (Wildman–Crippen MR) is 81.6 cm³/mol. The molecule has 24 heavy (non-hydrogen) atoms. The van der Waals surface area contributed by atoms with Crippen LogP contribution >= 0.6 is 11.3 Å². The van der Waals surface area contributed by atoms with Gasteiger partial charge in [-0.25, -0.2) is 9.78 Å². The van der Waals surface area contributed by atoms with E-state index in [-0.39, 0.29) is 4.96 Å². The highest BCUT2D eigenvalue weighted by Gasteiger charge is 2.41. The summed E-state index contributed by atoms with van der Waals surface area (Å²) < 4.78 is 45.5. The molecule has 0 saturated heterocycles. The first-order valence-corrected chi connectivity index (χ1v) is 7.74. The number of hydrogen-bond acceptors (Lipinski definition) is 4. The minimum absolute atomic E-state index is 0.0244. The highest BCUT2D eigenvalue weighted by Crippen LogP contribution is 2.36. The Balaban J connectivity index is 2.19. The number of imidazole rings is 1. The van der Waals surface area contributed by atoms with Gasteiger partial charge in [-0.05, 0) is 36.8 Å². The van der Waals surface area contributed by atoms with Gasteiger partial charge >= 0.3 is 12.1 Å². The molecule has 0 fully saturated rings. The number of rotatable bonds is 4. The lowest BCUT2D eigenvalue weighted by molar-refractivity contribution is -0.141. The highest BCUT2D eigenvalue weighted by atomic mass is 32.1. The van der Waals surface area contributed by atoms with Gasteiger partial charge in [0.05, 0.1) is 12.3 Å². The molecule has 126 valence electrons. The maximum absolute atomic E-state index is 13.0. The van der Waals surface area contributed by atoms with Gasteiger partial charge in [0.1, 0.15) is 5.75 Å². The summed E-state index contributed by atoms with van der Waals surface area (Å²) >= 11 is 0.949. The molecule has 0 bridgehead atoms. The molecule has 2 heterocycles. The molecule has 0 aliphatic rings. The average Bonchev–Trinajstić information content (AvgIpc) is 3.06. The summed E-state index contributed by atoms with van der Waals surface area (Å²) in [6.45, 7) is 2.32. The van der Waals surface area contributed by atoms with Crippen molar-refractivity contribution in [3.05, 3.63) is 41.0 Å². The van der Waals surface area contributed by atoms with Gasteiger partial charge in [-0.15, -0.1) is 11.3 Å². The maximum atomic E-state index is 13.0. The fraction of sp³-hybridized carbons (Fsp3) is 0.200. The molecule has 0 aliphatic heterocycles. The maximum Gasteiger partial charge on any atom is 0.435 e. The standard InChI is InChI=1S/C15H11F3N2O3S/c1-2-23-9-5-3-8(4-6-9)10-7-24-14-19-12(15(16,17)18)11(13(21)22)20(10)14/h3-7H,2H2,1H3,(H,21,22). The van der Waals surface area contributed by atoms with Crippen LogP contribution in [0.1, 0.15) is 23.1 Å². The number of carbonyl (C=O) groups is 1. The molecular weight excluding hydrogens is 345 g/mol. The Labute approximate surface area is 137 Å². The number of benzene rings is 1. The van der Waals surface area contributed by atoms with E-state index in [9.17, 15) is 23.1 Å². The van der Waals surface area contributed by atoms with E-state index in [1.807, 2.05) is 6.92 Å². The second kappa shape index (κ2) is 5.82. The van der Waals surface area contributed by atoms with Crippen molar-refractivity contribution >= 4 is 22.3 Å². The normalized spacial score (nSPS) is 11.8. The first-order valence-electron chi connectivity index (χ1n) is 6.86. The van der Waals surface area contributed by atoms with E-state index in [1.165, 1.54) is 0 Å². The van der Waals surface area contributed by atoms with Crippen molar-refractivity contribution in [1.82, 2.24) is 9.38 Å². The Bertz CT molecular complexity index is 897. The molecule has 2 aromatic heterocycles. The van der Waals surface area contributed by atoms with Gasteiger partial charge in [0.15, 0.2) is 16.3 Å². The number of hydrogen-bond donors (Lipinski definition) is 1. The molecule has 0 unspecified atom stereocenters. The Morgan fingerprint density at radius 2 is 2.00 bits per heavy atom. The van der Waals surface area contributed by atoms with Crippen LogP contribution in [0.5, 0.6) is 5.75 Å². The zero-order valence-corrected chi connectivity index (χ0v) is 13.1. The molecule has 0 saturated carbocycles. The number of carboxylic acid groups (broad SMARTS) is 1. The number of nitrogens with zero attached hydrogens (tertiary/aromatic N) is 2. The van der Waals surface area contributed by atoms with E-state index in [1.54, 1.807) is 29.6 Å². The number of ether oxygens (including phenoxy) is 1. The summed E-state index contributed by atoms with van der Waals surface area (Å²) in [7, 11) is 0. The quantitative estimate of drug-likeness (QED) is 0.762. The van der Waals surface area contributed by atoms with Crippen molar-refractivity contribution in [2.45, 2.75) is 13.1 Å². The fourth-order valence-electron chi connectivity index (χ4n) is 2.34. The van der Waals surface area contributed by atoms with Gasteiger partial charge < -0.3 is 9.84 Å². The lowest BCUT2D eigenvalue weighted by Crippen LogP contribution is -2.14. The molecule has 0 aliphatic carbocycles. The Morgan fingerprint density at radius 1 is 1.33 bits per heavy atom. The summed E-state index contributed by atoms with van der Waals surface area (Å²) in [5.74, 6) is -1.06. The smallest absolute Gasteiger partial charge is 0.435 e. The Morgan fingerprint density at radius 3 is 2.54 bits per heavy atom. The molecule has 3 rings (SSSR count). The van der Waals surface area contributed by atoms with E-state index in [0.29, 0.717) is 23.6 Å². The number of aromatic nitrogens is 2. The van der Waals surface area contributed by atoms with Gasteiger partial charge in [0.25, 0.3) is 0 Å². The van der Waals surface area contributed by atoms with E-state index in [0.717, 1.165) is 15.7 Å². The van der Waals surface area contributed by atoms with Gasteiger partial charge in [0, 0.05) is 5.38 Å². The molecule has 3 aromatic rings. The number of thiazole rings is 1. The summed E-state index contributed by atoms with van der Waals surface area (Å²) in [6, 6.07) is 6.66. The number of alkyl halides is 3. The van der Waals surface area contributed by atoms with Crippen molar-refractivity contribution in [3.8, 4) is 17.0 Å². The first kappa shape index (κ1) is 16.3. The van der Waals surface area contributed by atoms with Crippen LogP contribution in [-0.2, 0) is 6.18 Å². The van der Waals surface area contributed by atoms with Crippen LogP contribution in [0.25, 0.3) is 16.2 Å². The van der Waals surface area contributed by atoms with Gasteiger partial charge in [-0.1, -0.05) is 0 Å². The molecule has 1 aromatic carbocycles. The predicted octanol–water partition coefficient (Wildman–Crippen LogP) is 4.18. The van der Waals surface area contributed by atoms with Crippen molar-refractivity contribution in [2.75, 3.05) is 6.61 Å². The van der Waals surface area contributed by atoms with Crippen LogP contribution in [0.2, 0.25) is 0 Å². The minimum Gasteiger partial charge on any atom is -0.494 e. The fourth-order valence-corrected chi connectivity index (χ4v) is 3.24. The number of aromatic carboxylic acids is 1. The Hall–Kier alpha value is -2.55. The van der Waals surface area contributed by atoms with Gasteiger partial charge in [0.2, 0.25) is 0 Å². The van der Waals surface area contributed by atoms with Crippen LogP contribution in [-0.4, -0.2) is 27.1 Å². The number of halogens is 3. The molecule has 1 N–H and O–H groups in total.